The third-order valence-corrected chi connectivity index (χ3v) is 3.41. The van der Waals surface area contributed by atoms with E-state index in [2.05, 4.69) is 0 Å². The van der Waals surface area contributed by atoms with E-state index in [-0.39, 0.29) is 12.2 Å². The molecule has 0 spiro atoms. The second-order valence-electron chi connectivity index (χ2n) is 2.41. The van der Waals surface area contributed by atoms with Gasteiger partial charge in [0.1, 0.15) is 0 Å². The summed E-state index contributed by atoms with van der Waals surface area (Å²) in [4.78, 5) is 7.91. The van der Waals surface area contributed by atoms with Crippen LogP contribution in [0, 0.1) is 0 Å². The molecule has 0 bridgehead atoms. The van der Waals surface area contributed by atoms with Crippen molar-refractivity contribution in [2.24, 2.45) is 5.73 Å². The van der Waals surface area contributed by atoms with Gasteiger partial charge in [-0.25, -0.2) is 4.79 Å². The fraction of sp³-hybridized carbons (Fsp3) is 0.800. The van der Waals surface area contributed by atoms with Gasteiger partial charge in [0, 0.05) is 6.42 Å². The van der Waals surface area contributed by atoms with Gasteiger partial charge in [-0.15, -0.1) is 0 Å². The van der Waals surface area contributed by atoms with Crippen molar-refractivity contribution in [1.29, 1.82) is 0 Å². The number of rotatable bonds is 5. The maximum Gasteiger partial charge on any atom is 0.342 e. The number of carboxylic acids is 1. The molecule has 0 saturated heterocycles. The molecule has 0 rings (SSSR count). The van der Waals surface area contributed by atoms with Gasteiger partial charge in [-0.2, -0.15) is 20.2 Å². The lowest BCUT2D eigenvalue weighted by molar-refractivity contribution is -0.140. The molecule has 0 fully saturated rings. The summed E-state index contributed by atoms with van der Waals surface area (Å²) in [5.41, 5.74) is 5.05. The predicted molar refractivity (Wildman–Crippen MR) is 49.1 cm³/mol. The number of thioether (sulfide) groups is 1. The second-order valence-corrected chi connectivity index (χ2v) is 5.08. The Kier molecular flexibility index (Phi) is 4.17. The zero-order valence-corrected chi connectivity index (χ0v) is 8.56. The molecule has 0 amide bonds. The monoisotopic (exact) mass is 229 g/mol. The van der Waals surface area contributed by atoms with Gasteiger partial charge in [0.15, 0.2) is 0 Å². The summed E-state index contributed by atoms with van der Waals surface area (Å²) in [6.07, 6.45) is 1.34. The highest BCUT2D eigenvalue weighted by molar-refractivity contribution is 7.98. The van der Waals surface area contributed by atoms with E-state index in [9.17, 15) is 13.2 Å². The second kappa shape index (κ2) is 4.27. The van der Waals surface area contributed by atoms with Crippen LogP contribution in [0.15, 0.2) is 0 Å². The molecular formula is C5H11NO5S2. The molecule has 0 unspecified atom stereocenters. The average Bonchev–Trinajstić information content (AvgIpc) is 1.97. The largest absolute Gasteiger partial charge is 0.479 e. The first-order valence-electron chi connectivity index (χ1n) is 3.24. The zero-order chi connectivity index (χ0) is 10.7. The molecule has 78 valence electrons. The third kappa shape index (κ3) is 2.83. The van der Waals surface area contributed by atoms with Gasteiger partial charge in [-0.05, 0) is 12.0 Å². The molecule has 0 aromatic heterocycles. The third-order valence-electron chi connectivity index (χ3n) is 1.50. The number of aliphatic carboxylic acids is 1. The topological polar surface area (TPSA) is 118 Å². The minimum absolute atomic E-state index is 0.239. The van der Waals surface area contributed by atoms with Crippen LogP contribution in [0.2, 0.25) is 0 Å². The minimum Gasteiger partial charge on any atom is -0.479 e. The van der Waals surface area contributed by atoms with Crippen molar-refractivity contribution in [3.05, 3.63) is 0 Å². The van der Waals surface area contributed by atoms with Crippen molar-refractivity contribution >= 4 is 27.8 Å². The molecule has 0 aliphatic rings. The lowest BCUT2D eigenvalue weighted by Gasteiger charge is -2.20. The summed E-state index contributed by atoms with van der Waals surface area (Å²) in [5, 5.41) is 8.52. The van der Waals surface area contributed by atoms with Crippen LogP contribution in [-0.4, -0.2) is 40.9 Å². The summed E-state index contributed by atoms with van der Waals surface area (Å²) in [7, 11) is -4.77. The molecule has 6 nitrogen and oxygen atoms in total. The average molecular weight is 229 g/mol. The molecule has 0 heterocycles. The fourth-order valence-electron chi connectivity index (χ4n) is 0.600. The number of hydrogen-bond donors (Lipinski definition) is 3. The molecule has 0 aromatic carbocycles. The number of hydrogen-bond acceptors (Lipinski definition) is 5. The van der Waals surface area contributed by atoms with Crippen molar-refractivity contribution in [2.75, 3.05) is 12.0 Å². The minimum atomic E-state index is -4.77. The van der Waals surface area contributed by atoms with E-state index in [0.29, 0.717) is 0 Å². The Morgan fingerprint density at radius 3 is 2.31 bits per heavy atom. The van der Waals surface area contributed by atoms with E-state index >= 15 is 0 Å². The van der Waals surface area contributed by atoms with Gasteiger partial charge in [0.05, 0.1) is 0 Å². The molecule has 8 heteroatoms. The van der Waals surface area contributed by atoms with E-state index in [4.69, 9.17) is 15.4 Å². The van der Waals surface area contributed by atoms with Crippen LogP contribution in [0.1, 0.15) is 6.42 Å². The van der Waals surface area contributed by atoms with Crippen LogP contribution >= 0.6 is 11.8 Å². The lowest BCUT2D eigenvalue weighted by atomic mass is 10.2. The Morgan fingerprint density at radius 1 is 1.62 bits per heavy atom. The predicted octanol–water partition coefficient (Wildman–Crippen LogP) is -0.633. The smallest absolute Gasteiger partial charge is 0.342 e. The van der Waals surface area contributed by atoms with E-state index in [1.165, 1.54) is 11.8 Å². The Balaban J connectivity index is 4.86. The normalized spacial score (nSPS) is 16.5. The molecular weight excluding hydrogens is 218 g/mol. The van der Waals surface area contributed by atoms with Gasteiger partial charge < -0.3 is 10.8 Å². The Labute approximate surface area is 80.2 Å². The van der Waals surface area contributed by atoms with Gasteiger partial charge in [0.25, 0.3) is 10.1 Å². The first-order chi connectivity index (χ1) is 5.75. The molecule has 1 atom stereocenters. The van der Waals surface area contributed by atoms with Crippen molar-refractivity contribution in [3.63, 3.8) is 0 Å². The first-order valence-corrected chi connectivity index (χ1v) is 6.07. The molecule has 0 radical (unpaired) electrons. The summed E-state index contributed by atoms with van der Waals surface area (Å²) >= 11 is 1.24. The fourth-order valence-corrected chi connectivity index (χ4v) is 1.84. The zero-order valence-electron chi connectivity index (χ0n) is 6.93. The van der Waals surface area contributed by atoms with Crippen LogP contribution in [-0.2, 0) is 14.9 Å². The van der Waals surface area contributed by atoms with Crippen LogP contribution < -0.4 is 5.73 Å². The SMILES string of the molecule is CSCC[C@](N)(C(=O)O)S(=O)(=O)O. The maximum atomic E-state index is 10.6. The van der Waals surface area contributed by atoms with Gasteiger partial charge in [-0.3, -0.25) is 4.55 Å². The Hall–Kier alpha value is -0.310. The quantitative estimate of drug-likeness (QED) is 0.537. The van der Waals surface area contributed by atoms with Gasteiger partial charge >= 0.3 is 5.97 Å². The van der Waals surface area contributed by atoms with Crippen LogP contribution in [0.5, 0.6) is 0 Å². The van der Waals surface area contributed by atoms with E-state index < -0.39 is 21.0 Å². The summed E-state index contributed by atoms with van der Waals surface area (Å²) in [6, 6.07) is 0. The van der Waals surface area contributed by atoms with Gasteiger partial charge in [-0.1, -0.05) is 0 Å². The standard InChI is InChI=1S/C5H11NO5S2/c1-12-3-2-5(6,4(7)8)13(9,10)11/h2-3,6H2,1H3,(H,7,8)(H,9,10,11)/t5-/m1/s1. The molecule has 0 aliphatic heterocycles. The summed E-state index contributed by atoms with van der Waals surface area (Å²) in [6.45, 7) is 0. The molecule has 4 N–H and O–H groups in total. The van der Waals surface area contributed by atoms with E-state index in [1.54, 1.807) is 6.26 Å². The molecule has 13 heavy (non-hydrogen) atoms. The molecule has 0 aliphatic carbocycles. The Morgan fingerprint density at radius 2 is 2.08 bits per heavy atom. The number of carboxylic acid groups (broad SMARTS) is 1. The highest BCUT2D eigenvalue weighted by Crippen LogP contribution is 2.16. The Bertz CT molecular complexity index is 287. The highest BCUT2D eigenvalue weighted by Gasteiger charge is 2.46. The molecule has 0 saturated carbocycles. The maximum absolute atomic E-state index is 10.6. The lowest BCUT2D eigenvalue weighted by Crippen LogP contribution is -2.54. The van der Waals surface area contributed by atoms with Crippen LogP contribution in [0.4, 0.5) is 0 Å². The summed E-state index contributed by atoms with van der Waals surface area (Å²) in [5.74, 6) is -1.51. The summed E-state index contributed by atoms with van der Waals surface area (Å²) < 4.78 is 29.9. The van der Waals surface area contributed by atoms with Crippen molar-refractivity contribution in [2.45, 2.75) is 11.3 Å². The van der Waals surface area contributed by atoms with Crippen LogP contribution in [0.25, 0.3) is 0 Å². The van der Waals surface area contributed by atoms with Crippen molar-refractivity contribution in [3.8, 4) is 0 Å². The number of carbonyl (C=O) groups is 1. The van der Waals surface area contributed by atoms with E-state index in [0.717, 1.165) is 0 Å². The highest BCUT2D eigenvalue weighted by atomic mass is 32.2. The van der Waals surface area contributed by atoms with Crippen molar-refractivity contribution < 1.29 is 22.9 Å². The molecule has 0 aromatic rings. The van der Waals surface area contributed by atoms with E-state index in [1.807, 2.05) is 0 Å². The number of nitrogens with two attached hydrogens (primary N) is 1. The van der Waals surface area contributed by atoms with Gasteiger partial charge in [0.2, 0.25) is 4.87 Å². The first kappa shape index (κ1) is 12.7. The van der Waals surface area contributed by atoms with Crippen LogP contribution in [0.3, 0.4) is 0 Å². The van der Waals surface area contributed by atoms with Crippen molar-refractivity contribution in [1.82, 2.24) is 0 Å².